The quantitative estimate of drug-likeness (QED) is 0.623. The van der Waals surface area contributed by atoms with Crippen LogP contribution in [0.15, 0.2) is 47.7 Å². The highest BCUT2D eigenvalue weighted by Gasteiger charge is 2.27. The van der Waals surface area contributed by atoms with Gasteiger partial charge < -0.3 is 0 Å². The number of rotatable bonds is 1. The molecule has 2 nitrogen and oxygen atoms in total. The van der Waals surface area contributed by atoms with Gasteiger partial charge in [-0.15, -0.1) is 0 Å². The van der Waals surface area contributed by atoms with Crippen LogP contribution >= 0.6 is 0 Å². The summed E-state index contributed by atoms with van der Waals surface area (Å²) in [4.78, 5) is 5.32. The number of nitrogens with one attached hydrogen (secondary N) is 1. The Bertz CT molecular complexity index is 323. The van der Waals surface area contributed by atoms with Gasteiger partial charge in [-0.3, -0.25) is 0 Å². The first kappa shape index (κ1) is 8.48. The summed E-state index contributed by atoms with van der Waals surface area (Å²) in [5.41, 5.74) is 2.67. The van der Waals surface area contributed by atoms with Crippen molar-refractivity contribution in [2.45, 2.75) is 13.0 Å². The van der Waals surface area contributed by atoms with E-state index in [0.717, 1.165) is 5.06 Å². The number of hydroxylamine groups is 2. The average Bonchev–Trinajstić information content (AvgIpc) is 2.19. The summed E-state index contributed by atoms with van der Waals surface area (Å²) in [5, 5.41) is 1.03. The van der Waals surface area contributed by atoms with Crippen LogP contribution in [0.5, 0.6) is 0 Å². The maximum Gasteiger partial charge on any atom is 0.166 e. The van der Waals surface area contributed by atoms with E-state index < -0.39 is 0 Å². The van der Waals surface area contributed by atoms with Crippen LogP contribution in [-0.4, -0.2) is 13.2 Å². The van der Waals surface area contributed by atoms with Crippen LogP contribution in [0.2, 0.25) is 0 Å². The zero-order chi connectivity index (χ0) is 9.26. The molecular weight excluding hydrogens is 162 g/mol. The maximum absolute atomic E-state index is 5.32. The molecule has 68 valence electrons. The number of fused-ring (bicyclic) bond motifs is 1. The summed E-state index contributed by atoms with van der Waals surface area (Å²) in [7, 11) is 1.73. The van der Waals surface area contributed by atoms with E-state index in [4.69, 9.17) is 4.84 Å². The van der Waals surface area contributed by atoms with Gasteiger partial charge in [-0.25, -0.2) is 4.84 Å². The first-order chi connectivity index (χ1) is 6.33. The zero-order valence-corrected chi connectivity index (χ0v) is 7.95. The minimum absolute atomic E-state index is 0.333. The molecule has 0 aromatic carbocycles. The largest absolute Gasteiger partial charge is 0.202 e. The molecule has 13 heavy (non-hydrogen) atoms. The van der Waals surface area contributed by atoms with Gasteiger partial charge in [-0.05, 0) is 24.6 Å². The van der Waals surface area contributed by atoms with Crippen molar-refractivity contribution in [2.24, 2.45) is 0 Å². The molecule has 1 heterocycles. The van der Waals surface area contributed by atoms with Crippen molar-refractivity contribution in [2.75, 3.05) is 7.11 Å². The van der Waals surface area contributed by atoms with E-state index in [9.17, 15) is 0 Å². The molecule has 2 unspecified atom stereocenters. The Morgan fingerprint density at radius 1 is 1.31 bits per heavy atom. The molecule has 0 aromatic heterocycles. The standard InChI is InChI=1S/C11H13NO/c1-9-7-8-12(13-2)11-6-4-3-5-10(9)11/h3-8,11H,1-2H3/p+1. The third-order valence-electron chi connectivity index (χ3n) is 2.52. The van der Waals surface area contributed by atoms with Crippen LogP contribution in [-0.2, 0) is 4.84 Å². The molecule has 0 saturated carbocycles. The van der Waals surface area contributed by atoms with Gasteiger partial charge in [0.1, 0.15) is 6.20 Å². The fraction of sp³-hybridized carbons (Fsp3) is 0.273. The van der Waals surface area contributed by atoms with Crippen molar-refractivity contribution in [1.82, 2.24) is 0 Å². The van der Waals surface area contributed by atoms with E-state index in [1.165, 1.54) is 11.1 Å². The molecule has 0 saturated heterocycles. The number of hydrogen-bond donors (Lipinski definition) is 1. The van der Waals surface area contributed by atoms with E-state index in [1.807, 2.05) is 6.20 Å². The molecular formula is C11H14NO+. The lowest BCUT2D eigenvalue weighted by Crippen LogP contribution is -3.10. The fourth-order valence-corrected chi connectivity index (χ4v) is 1.77. The molecule has 2 heteroatoms. The van der Waals surface area contributed by atoms with Crippen LogP contribution in [0.3, 0.4) is 0 Å². The van der Waals surface area contributed by atoms with Crippen molar-refractivity contribution < 1.29 is 9.90 Å². The van der Waals surface area contributed by atoms with Crippen molar-refractivity contribution >= 4 is 0 Å². The van der Waals surface area contributed by atoms with Crippen LogP contribution in [0.1, 0.15) is 6.92 Å². The minimum atomic E-state index is 0.333. The molecule has 2 aliphatic rings. The Labute approximate surface area is 78.4 Å². The summed E-state index contributed by atoms with van der Waals surface area (Å²) in [6.45, 7) is 2.13. The van der Waals surface area contributed by atoms with E-state index in [0.29, 0.717) is 6.04 Å². The van der Waals surface area contributed by atoms with Crippen LogP contribution in [0, 0.1) is 0 Å². The second-order valence-corrected chi connectivity index (χ2v) is 3.30. The van der Waals surface area contributed by atoms with Gasteiger partial charge in [0.15, 0.2) is 6.04 Å². The van der Waals surface area contributed by atoms with Crippen LogP contribution < -0.4 is 5.06 Å². The minimum Gasteiger partial charge on any atom is -0.202 e. The molecule has 1 N–H and O–H groups in total. The molecule has 0 spiro atoms. The predicted molar refractivity (Wildman–Crippen MR) is 51.9 cm³/mol. The van der Waals surface area contributed by atoms with Crippen LogP contribution in [0.25, 0.3) is 0 Å². The molecule has 2 rings (SSSR count). The predicted octanol–water partition coefficient (Wildman–Crippen LogP) is 0.771. The van der Waals surface area contributed by atoms with Gasteiger partial charge >= 0.3 is 0 Å². The topological polar surface area (TPSA) is 13.7 Å². The van der Waals surface area contributed by atoms with Gasteiger partial charge in [0.25, 0.3) is 0 Å². The van der Waals surface area contributed by atoms with Gasteiger partial charge in [0.2, 0.25) is 0 Å². The van der Waals surface area contributed by atoms with Crippen molar-refractivity contribution in [3.63, 3.8) is 0 Å². The molecule has 0 amide bonds. The summed E-state index contributed by atoms with van der Waals surface area (Å²) in [5.74, 6) is 0. The highest BCUT2D eigenvalue weighted by Crippen LogP contribution is 2.17. The molecule has 1 aliphatic carbocycles. The SMILES string of the molecule is CO[NH+]1C=CC(C)=C2C=CC=CC21. The van der Waals surface area contributed by atoms with Crippen LogP contribution in [0.4, 0.5) is 0 Å². The summed E-state index contributed by atoms with van der Waals surface area (Å²) in [6.07, 6.45) is 12.6. The molecule has 0 aromatic rings. The van der Waals surface area contributed by atoms with E-state index >= 15 is 0 Å². The Morgan fingerprint density at radius 2 is 2.15 bits per heavy atom. The van der Waals surface area contributed by atoms with Crippen molar-refractivity contribution in [3.05, 3.63) is 47.7 Å². The van der Waals surface area contributed by atoms with Gasteiger partial charge in [0.05, 0.1) is 7.11 Å². The lowest BCUT2D eigenvalue weighted by Gasteiger charge is -2.26. The Kier molecular flexibility index (Phi) is 2.17. The monoisotopic (exact) mass is 176 g/mol. The highest BCUT2D eigenvalue weighted by atomic mass is 16.7. The number of allylic oxidation sites excluding steroid dienone is 4. The first-order valence-electron chi connectivity index (χ1n) is 4.47. The second kappa shape index (κ2) is 3.32. The van der Waals surface area contributed by atoms with Gasteiger partial charge in [-0.1, -0.05) is 18.2 Å². The van der Waals surface area contributed by atoms with E-state index in [2.05, 4.69) is 37.3 Å². The number of hydrogen-bond acceptors (Lipinski definition) is 1. The Balaban J connectivity index is 2.37. The van der Waals surface area contributed by atoms with Gasteiger partial charge in [0, 0.05) is 5.57 Å². The van der Waals surface area contributed by atoms with Crippen molar-refractivity contribution in [1.29, 1.82) is 0 Å². The van der Waals surface area contributed by atoms with E-state index in [1.54, 1.807) is 7.11 Å². The molecule has 2 atom stereocenters. The smallest absolute Gasteiger partial charge is 0.166 e. The first-order valence-corrected chi connectivity index (χ1v) is 4.47. The second-order valence-electron chi connectivity index (χ2n) is 3.30. The summed E-state index contributed by atoms with van der Waals surface area (Å²) >= 11 is 0. The maximum atomic E-state index is 5.32. The highest BCUT2D eigenvalue weighted by molar-refractivity contribution is 5.42. The normalized spacial score (nSPS) is 30.9. The fourth-order valence-electron chi connectivity index (χ4n) is 1.77. The lowest BCUT2D eigenvalue weighted by molar-refractivity contribution is -1.06. The Hall–Kier alpha value is -1.12. The van der Waals surface area contributed by atoms with E-state index in [-0.39, 0.29) is 0 Å². The number of quaternary nitrogens is 1. The van der Waals surface area contributed by atoms with Crippen molar-refractivity contribution in [3.8, 4) is 0 Å². The Morgan fingerprint density at radius 3 is 2.92 bits per heavy atom. The van der Waals surface area contributed by atoms with Gasteiger partial charge in [-0.2, -0.15) is 5.06 Å². The lowest BCUT2D eigenvalue weighted by atomic mass is 9.95. The molecule has 1 aliphatic heterocycles. The molecule has 0 bridgehead atoms. The summed E-state index contributed by atoms with van der Waals surface area (Å²) < 4.78 is 0. The molecule has 0 fully saturated rings. The third kappa shape index (κ3) is 1.39. The third-order valence-corrected chi connectivity index (χ3v) is 2.52. The average molecular weight is 176 g/mol. The summed E-state index contributed by atoms with van der Waals surface area (Å²) in [6, 6.07) is 0.333. The molecule has 0 radical (unpaired) electrons. The zero-order valence-electron chi connectivity index (χ0n) is 7.95.